The van der Waals surface area contributed by atoms with E-state index in [1.807, 2.05) is 12.1 Å². The van der Waals surface area contributed by atoms with Gasteiger partial charge < -0.3 is 9.39 Å². The summed E-state index contributed by atoms with van der Waals surface area (Å²) in [5, 5.41) is 0. The highest BCUT2D eigenvalue weighted by Crippen LogP contribution is 2.45. The molecule has 21 heavy (non-hydrogen) atoms. The summed E-state index contributed by atoms with van der Waals surface area (Å²) in [5.74, 6) is 0. The van der Waals surface area contributed by atoms with E-state index in [0.29, 0.717) is 13.2 Å². The largest absolute Gasteiger partial charge is 0.447 e. The minimum Gasteiger partial charge on any atom is -0.447 e. The highest BCUT2D eigenvalue weighted by Gasteiger charge is 2.49. The van der Waals surface area contributed by atoms with Gasteiger partial charge in [0, 0.05) is 5.69 Å². The molecule has 5 heteroatoms. The van der Waals surface area contributed by atoms with Crippen molar-refractivity contribution in [3.05, 3.63) is 24.3 Å². The van der Waals surface area contributed by atoms with Gasteiger partial charge in [-0.25, -0.2) is 4.79 Å². The van der Waals surface area contributed by atoms with E-state index in [-0.39, 0.29) is 24.0 Å². The average molecular weight is 287 g/mol. The van der Waals surface area contributed by atoms with Gasteiger partial charge in [-0.05, 0) is 43.2 Å². The van der Waals surface area contributed by atoms with Crippen molar-refractivity contribution in [1.29, 1.82) is 0 Å². The molecule has 2 aliphatic heterocycles. The number of anilines is 1. The Kier molecular flexibility index (Phi) is 3.28. The molecule has 1 amide bonds. The van der Waals surface area contributed by atoms with Gasteiger partial charge in [-0.3, -0.25) is 4.90 Å². The van der Waals surface area contributed by atoms with Crippen LogP contribution in [-0.2, 0) is 9.39 Å². The van der Waals surface area contributed by atoms with E-state index in [1.165, 1.54) is 5.46 Å². The number of rotatable bonds is 2. The van der Waals surface area contributed by atoms with Crippen LogP contribution in [0.3, 0.4) is 0 Å². The first-order valence-corrected chi connectivity index (χ1v) is 7.52. The number of cyclic esters (lactones) is 1. The van der Waals surface area contributed by atoms with Gasteiger partial charge in [0.15, 0.2) is 0 Å². The quantitative estimate of drug-likeness (QED) is 0.785. The fourth-order valence-electron chi connectivity index (χ4n) is 2.95. The molecule has 0 N–H and O–H groups in total. The third kappa shape index (κ3) is 2.44. The Balaban J connectivity index is 1.78. The average Bonchev–Trinajstić information content (AvgIpc) is 2.92. The van der Waals surface area contributed by atoms with Crippen LogP contribution in [0.25, 0.3) is 0 Å². The number of carbonyl (C=O) groups is 1. The van der Waals surface area contributed by atoms with Gasteiger partial charge in [0.2, 0.25) is 0 Å². The molecule has 4 nitrogen and oxygen atoms in total. The molecule has 0 unspecified atom stereocenters. The van der Waals surface area contributed by atoms with Crippen molar-refractivity contribution in [2.24, 2.45) is 5.41 Å². The molecule has 0 spiro atoms. The van der Waals surface area contributed by atoms with Crippen LogP contribution in [-0.4, -0.2) is 31.8 Å². The maximum absolute atomic E-state index is 11.6. The Morgan fingerprint density at radius 3 is 2.29 bits per heavy atom. The summed E-state index contributed by atoms with van der Waals surface area (Å²) in [6.45, 7) is 10.0. The number of ether oxygens (including phenoxy) is 1. The molecule has 0 radical (unpaired) electrons. The van der Waals surface area contributed by atoms with Crippen LogP contribution in [0.4, 0.5) is 10.5 Å². The number of hydrogen-bond acceptors (Lipinski definition) is 3. The lowest BCUT2D eigenvalue weighted by Gasteiger charge is -2.34. The van der Waals surface area contributed by atoms with E-state index >= 15 is 0 Å². The molecule has 2 heterocycles. The standard InChI is InChI=1S/C16H22BNO3/c1-15(2)11-17(21-16(15,3)4)12-5-7-13(8-6-12)18-9-10-20-14(18)19/h5-8H,9-11H2,1-4H3. The van der Waals surface area contributed by atoms with Crippen molar-refractivity contribution in [2.75, 3.05) is 18.1 Å². The Morgan fingerprint density at radius 2 is 1.81 bits per heavy atom. The molecule has 0 aliphatic carbocycles. The Labute approximate surface area is 126 Å². The SMILES string of the molecule is CC1(C)CB(c2ccc(N3CCOC3=O)cc2)OC1(C)C. The summed E-state index contributed by atoms with van der Waals surface area (Å²) in [7, 11) is 0. The van der Waals surface area contributed by atoms with Crippen molar-refractivity contribution in [1.82, 2.24) is 0 Å². The first-order valence-electron chi connectivity index (χ1n) is 7.52. The Morgan fingerprint density at radius 1 is 1.14 bits per heavy atom. The van der Waals surface area contributed by atoms with Crippen molar-refractivity contribution < 1.29 is 14.2 Å². The van der Waals surface area contributed by atoms with E-state index in [0.717, 1.165) is 12.0 Å². The van der Waals surface area contributed by atoms with Gasteiger partial charge >= 0.3 is 13.0 Å². The lowest BCUT2D eigenvalue weighted by molar-refractivity contribution is 0.0375. The van der Waals surface area contributed by atoms with Crippen LogP contribution in [0.1, 0.15) is 27.7 Å². The summed E-state index contributed by atoms with van der Waals surface area (Å²) < 4.78 is 11.2. The highest BCUT2D eigenvalue weighted by molar-refractivity contribution is 6.68. The monoisotopic (exact) mass is 287 g/mol. The van der Waals surface area contributed by atoms with E-state index < -0.39 is 0 Å². The molecule has 112 valence electrons. The normalized spacial score (nSPS) is 23.5. The molecule has 0 aromatic heterocycles. The number of carbonyl (C=O) groups excluding carboxylic acids is 1. The third-order valence-electron chi connectivity index (χ3n) is 5.10. The van der Waals surface area contributed by atoms with Gasteiger partial charge in [0.1, 0.15) is 6.61 Å². The molecule has 0 bridgehead atoms. The van der Waals surface area contributed by atoms with E-state index in [1.54, 1.807) is 4.90 Å². The lowest BCUT2D eigenvalue weighted by atomic mass is 9.54. The van der Waals surface area contributed by atoms with Crippen molar-refractivity contribution in [3.8, 4) is 0 Å². The molecular formula is C16H22BNO3. The smallest absolute Gasteiger partial charge is 0.414 e. The fraction of sp³-hybridized carbons (Fsp3) is 0.562. The summed E-state index contributed by atoms with van der Waals surface area (Å²) in [5.41, 5.74) is 2.08. The fourth-order valence-corrected chi connectivity index (χ4v) is 2.95. The predicted molar refractivity (Wildman–Crippen MR) is 84.3 cm³/mol. The minimum absolute atomic E-state index is 0.120. The van der Waals surface area contributed by atoms with Crippen LogP contribution in [0.15, 0.2) is 24.3 Å². The second-order valence-electron chi connectivity index (χ2n) is 7.06. The van der Waals surface area contributed by atoms with Gasteiger partial charge in [-0.2, -0.15) is 0 Å². The number of hydrogen-bond donors (Lipinski definition) is 0. The Hall–Kier alpha value is -1.49. The molecule has 2 saturated heterocycles. The van der Waals surface area contributed by atoms with Crippen LogP contribution >= 0.6 is 0 Å². The number of nitrogens with zero attached hydrogens (tertiary/aromatic N) is 1. The van der Waals surface area contributed by atoms with Crippen molar-refractivity contribution in [2.45, 2.75) is 39.6 Å². The van der Waals surface area contributed by atoms with Crippen LogP contribution in [0, 0.1) is 5.41 Å². The van der Waals surface area contributed by atoms with Gasteiger partial charge in [-0.15, -0.1) is 0 Å². The second-order valence-corrected chi connectivity index (χ2v) is 7.06. The van der Waals surface area contributed by atoms with Crippen LogP contribution < -0.4 is 10.4 Å². The maximum atomic E-state index is 11.6. The van der Waals surface area contributed by atoms with Crippen LogP contribution in [0.2, 0.25) is 6.32 Å². The summed E-state index contributed by atoms with van der Waals surface area (Å²) >= 11 is 0. The summed E-state index contributed by atoms with van der Waals surface area (Å²) in [4.78, 5) is 13.2. The molecule has 3 rings (SSSR count). The lowest BCUT2D eigenvalue weighted by Crippen LogP contribution is -2.36. The first-order chi connectivity index (χ1) is 9.80. The number of amides is 1. The Bertz CT molecular complexity index is 537. The molecule has 0 saturated carbocycles. The van der Waals surface area contributed by atoms with Crippen molar-refractivity contribution in [3.63, 3.8) is 0 Å². The topological polar surface area (TPSA) is 38.8 Å². The molecule has 1 aromatic rings. The zero-order valence-corrected chi connectivity index (χ0v) is 13.2. The molecule has 0 atom stereocenters. The minimum atomic E-state index is -0.262. The maximum Gasteiger partial charge on any atom is 0.414 e. The van der Waals surface area contributed by atoms with Gasteiger partial charge in [-0.1, -0.05) is 26.0 Å². The molecule has 1 aromatic carbocycles. The highest BCUT2D eigenvalue weighted by atomic mass is 16.6. The zero-order chi connectivity index (χ0) is 15.3. The van der Waals surface area contributed by atoms with E-state index in [2.05, 4.69) is 39.8 Å². The summed E-state index contributed by atoms with van der Waals surface area (Å²) in [6.07, 6.45) is 0.743. The number of benzene rings is 1. The van der Waals surface area contributed by atoms with Crippen molar-refractivity contribution >= 4 is 24.2 Å². The van der Waals surface area contributed by atoms with Gasteiger partial charge in [0.05, 0.1) is 12.1 Å². The zero-order valence-electron chi connectivity index (χ0n) is 13.2. The first kappa shape index (κ1) is 14.5. The molecular weight excluding hydrogens is 265 g/mol. The summed E-state index contributed by atoms with van der Waals surface area (Å²) in [6, 6.07) is 8.07. The van der Waals surface area contributed by atoms with Gasteiger partial charge in [0.25, 0.3) is 0 Å². The third-order valence-corrected chi connectivity index (χ3v) is 5.10. The molecule has 2 fully saturated rings. The predicted octanol–water partition coefficient (Wildman–Crippen LogP) is 2.68. The molecule has 2 aliphatic rings. The second kappa shape index (κ2) is 4.77. The van der Waals surface area contributed by atoms with E-state index in [9.17, 15) is 4.79 Å². The van der Waals surface area contributed by atoms with Crippen LogP contribution in [0.5, 0.6) is 0 Å². The van der Waals surface area contributed by atoms with E-state index in [4.69, 9.17) is 9.39 Å².